The molecule has 1 atom stereocenters. The first kappa shape index (κ1) is 21.4. The number of nitrogens with one attached hydrogen (secondary N) is 2. The average Bonchev–Trinajstić information content (AvgIpc) is 3.15. The third-order valence-corrected chi connectivity index (χ3v) is 5.95. The molecule has 0 aliphatic carbocycles. The summed E-state index contributed by atoms with van der Waals surface area (Å²) in [4.78, 5) is 28.7. The van der Waals surface area contributed by atoms with Gasteiger partial charge in [0.25, 0.3) is 5.56 Å². The van der Waals surface area contributed by atoms with E-state index in [1.54, 1.807) is 7.05 Å². The minimum absolute atomic E-state index is 0.00516. The number of aliphatic hydroxyl groups excluding tert-OH is 1. The predicted molar refractivity (Wildman–Crippen MR) is 117 cm³/mol. The number of nitrogens with zero attached hydrogens (tertiary/aromatic N) is 2. The van der Waals surface area contributed by atoms with Crippen molar-refractivity contribution in [2.75, 3.05) is 33.0 Å². The quantitative estimate of drug-likeness (QED) is 0.473. The molecule has 166 valence electrons. The molecule has 3 N–H and O–H groups in total. The fourth-order valence-corrected chi connectivity index (χ4v) is 4.23. The van der Waals surface area contributed by atoms with Crippen molar-refractivity contribution in [2.45, 2.75) is 19.4 Å². The Balaban J connectivity index is 1.71. The second-order valence-electron chi connectivity index (χ2n) is 7.75. The van der Waals surface area contributed by atoms with E-state index >= 15 is 0 Å². The molecule has 1 aromatic carbocycles. The third kappa shape index (κ3) is 3.80. The fourth-order valence-electron chi connectivity index (χ4n) is 4.23. The third-order valence-electron chi connectivity index (χ3n) is 5.95. The molecule has 1 aliphatic heterocycles. The van der Waals surface area contributed by atoms with Gasteiger partial charge < -0.3 is 29.4 Å². The lowest BCUT2D eigenvalue weighted by molar-refractivity contribution is 0.0705. The van der Waals surface area contributed by atoms with Gasteiger partial charge in [-0.15, -0.1) is 0 Å². The van der Waals surface area contributed by atoms with Crippen molar-refractivity contribution < 1.29 is 14.6 Å². The Morgan fingerprint density at radius 1 is 1.16 bits per heavy atom. The van der Waals surface area contributed by atoms with Gasteiger partial charge in [-0.2, -0.15) is 0 Å². The van der Waals surface area contributed by atoms with Crippen LogP contribution in [-0.4, -0.2) is 52.2 Å². The summed E-state index contributed by atoms with van der Waals surface area (Å²) >= 11 is 0. The highest BCUT2D eigenvalue weighted by Gasteiger charge is 2.30. The zero-order valence-corrected chi connectivity index (χ0v) is 18.0. The van der Waals surface area contributed by atoms with Gasteiger partial charge in [-0.25, -0.2) is 4.79 Å². The standard InChI is InChI=1S/C22H28N4O5/c1-13-18(21(28)26(3)22(29)25(13)2)20-19-15(6-7-23-20)16-12-14(4-5-17(16)24-19)31-11-10-30-9-8-27/h4-5,12,20,23-24,27H,6-11H2,1-3H3. The van der Waals surface area contributed by atoms with Crippen LogP contribution in [0.1, 0.15) is 28.6 Å². The molecule has 0 radical (unpaired) electrons. The van der Waals surface area contributed by atoms with E-state index in [9.17, 15) is 9.59 Å². The molecule has 2 aromatic heterocycles. The van der Waals surface area contributed by atoms with Gasteiger partial charge in [-0.05, 0) is 37.1 Å². The van der Waals surface area contributed by atoms with Gasteiger partial charge in [0.1, 0.15) is 12.4 Å². The summed E-state index contributed by atoms with van der Waals surface area (Å²) in [5.74, 6) is 0.742. The van der Waals surface area contributed by atoms with Crippen molar-refractivity contribution in [3.05, 3.63) is 61.6 Å². The van der Waals surface area contributed by atoms with E-state index in [0.29, 0.717) is 31.1 Å². The van der Waals surface area contributed by atoms with Crippen LogP contribution in [0.25, 0.3) is 10.9 Å². The van der Waals surface area contributed by atoms with Crippen LogP contribution in [0.15, 0.2) is 27.8 Å². The minimum atomic E-state index is -0.330. The summed E-state index contributed by atoms with van der Waals surface area (Å²) < 4.78 is 13.7. The van der Waals surface area contributed by atoms with Crippen molar-refractivity contribution in [1.29, 1.82) is 0 Å². The molecule has 9 nitrogen and oxygen atoms in total. The maximum Gasteiger partial charge on any atom is 0.330 e. The SMILES string of the molecule is Cc1c(C2NCCc3c2[nH]c2ccc(OCCOCCO)cc32)c(=O)n(C)c(=O)n1C. The van der Waals surface area contributed by atoms with Crippen molar-refractivity contribution in [2.24, 2.45) is 14.1 Å². The van der Waals surface area contributed by atoms with Crippen molar-refractivity contribution in [3.8, 4) is 5.75 Å². The highest BCUT2D eigenvalue weighted by molar-refractivity contribution is 5.86. The Hall–Kier alpha value is -2.88. The van der Waals surface area contributed by atoms with Crippen molar-refractivity contribution in [3.63, 3.8) is 0 Å². The van der Waals surface area contributed by atoms with Crippen molar-refractivity contribution in [1.82, 2.24) is 19.4 Å². The van der Waals surface area contributed by atoms with E-state index in [0.717, 1.165) is 45.4 Å². The van der Waals surface area contributed by atoms with E-state index in [-0.39, 0.29) is 23.9 Å². The van der Waals surface area contributed by atoms with E-state index < -0.39 is 0 Å². The number of benzene rings is 1. The molecule has 3 heterocycles. The largest absolute Gasteiger partial charge is 0.491 e. The summed E-state index contributed by atoms with van der Waals surface area (Å²) in [5, 5.41) is 13.3. The summed E-state index contributed by atoms with van der Waals surface area (Å²) in [6, 6.07) is 5.55. The second kappa shape index (κ2) is 8.70. The van der Waals surface area contributed by atoms with E-state index in [4.69, 9.17) is 14.6 Å². The molecule has 9 heteroatoms. The molecule has 0 spiro atoms. The van der Waals surface area contributed by atoms with Crippen molar-refractivity contribution >= 4 is 10.9 Å². The van der Waals surface area contributed by atoms with Gasteiger partial charge in [0.2, 0.25) is 0 Å². The molecule has 1 aliphatic rings. The lowest BCUT2D eigenvalue weighted by Crippen LogP contribution is -2.44. The molecule has 0 bridgehead atoms. The Bertz CT molecular complexity index is 1220. The highest BCUT2D eigenvalue weighted by Crippen LogP contribution is 2.34. The second-order valence-corrected chi connectivity index (χ2v) is 7.75. The Kier molecular flexibility index (Phi) is 5.99. The molecule has 31 heavy (non-hydrogen) atoms. The monoisotopic (exact) mass is 428 g/mol. The molecule has 0 amide bonds. The molecular formula is C22H28N4O5. The van der Waals surface area contributed by atoms with Crippen LogP contribution in [-0.2, 0) is 25.3 Å². The van der Waals surface area contributed by atoms with Gasteiger partial charge in [0.15, 0.2) is 0 Å². The van der Waals surface area contributed by atoms with Crippen LogP contribution in [0.5, 0.6) is 5.75 Å². The molecule has 4 rings (SSSR count). The van der Waals surface area contributed by atoms with Crippen LogP contribution in [0, 0.1) is 6.92 Å². The summed E-state index contributed by atoms with van der Waals surface area (Å²) in [5.41, 5.74) is 3.69. The van der Waals surface area contributed by atoms with E-state index in [1.807, 2.05) is 25.1 Å². The fraction of sp³-hybridized carbons (Fsp3) is 0.455. The number of fused-ring (bicyclic) bond motifs is 3. The van der Waals surface area contributed by atoms with Crippen LogP contribution in [0.2, 0.25) is 0 Å². The normalized spacial score (nSPS) is 15.9. The topological polar surface area (TPSA) is 111 Å². The number of hydrogen-bond acceptors (Lipinski definition) is 6. The van der Waals surface area contributed by atoms with Gasteiger partial charge >= 0.3 is 5.69 Å². The number of aromatic amines is 1. The molecule has 0 fully saturated rings. The van der Waals surface area contributed by atoms with Crippen LogP contribution < -0.4 is 21.3 Å². The molecular weight excluding hydrogens is 400 g/mol. The maximum absolute atomic E-state index is 13.0. The Morgan fingerprint density at radius 3 is 2.74 bits per heavy atom. The maximum atomic E-state index is 13.0. The lowest BCUT2D eigenvalue weighted by Gasteiger charge is -2.26. The number of aliphatic hydroxyl groups is 1. The molecule has 0 saturated heterocycles. The zero-order valence-electron chi connectivity index (χ0n) is 18.0. The highest BCUT2D eigenvalue weighted by atomic mass is 16.5. The molecule has 3 aromatic rings. The van der Waals surface area contributed by atoms with E-state index in [1.165, 1.54) is 11.6 Å². The first-order valence-electron chi connectivity index (χ1n) is 10.4. The first-order valence-corrected chi connectivity index (χ1v) is 10.4. The Labute approximate surface area is 179 Å². The number of rotatable bonds is 7. The number of H-pyrrole nitrogens is 1. The number of aromatic nitrogens is 3. The molecule has 1 unspecified atom stereocenters. The predicted octanol–water partition coefficient (Wildman–Crippen LogP) is 0.497. The van der Waals surface area contributed by atoms with Crippen LogP contribution in [0.4, 0.5) is 0 Å². The van der Waals surface area contributed by atoms with Gasteiger partial charge in [0.05, 0.1) is 31.4 Å². The van der Waals surface area contributed by atoms with Crippen LogP contribution >= 0.6 is 0 Å². The van der Waals surface area contributed by atoms with E-state index in [2.05, 4.69) is 10.3 Å². The number of hydrogen-bond donors (Lipinski definition) is 3. The van der Waals surface area contributed by atoms with Gasteiger partial charge in [-0.1, -0.05) is 0 Å². The zero-order chi connectivity index (χ0) is 22.1. The number of ether oxygens (including phenoxy) is 2. The average molecular weight is 428 g/mol. The lowest BCUT2D eigenvalue weighted by atomic mass is 9.94. The van der Waals surface area contributed by atoms with Gasteiger partial charge in [0, 0.05) is 42.9 Å². The molecule has 0 saturated carbocycles. The summed E-state index contributed by atoms with van der Waals surface area (Å²) in [6.45, 7) is 3.62. The first-order chi connectivity index (χ1) is 14.9. The minimum Gasteiger partial charge on any atom is -0.491 e. The smallest absolute Gasteiger partial charge is 0.330 e. The summed E-state index contributed by atoms with van der Waals surface area (Å²) in [7, 11) is 3.19. The van der Waals surface area contributed by atoms with Crippen LogP contribution in [0.3, 0.4) is 0 Å². The van der Waals surface area contributed by atoms with Gasteiger partial charge in [-0.3, -0.25) is 9.36 Å². The Morgan fingerprint density at radius 2 is 1.97 bits per heavy atom. The summed E-state index contributed by atoms with van der Waals surface area (Å²) in [6.07, 6.45) is 0.819.